The molecule has 0 spiro atoms. The van der Waals surface area contributed by atoms with E-state index in [1.54, 1.807) is 11.9 Å². The molecule has 1 aliphatic carbocycles. The Kier molecular flexibility index (Phi) is 6.41. The van der Waals surface area contributed by atoms with Crippen molar-refractivity contribution < 1.29 is 19.1 Å². The SMILES string of the molecule is CN1NC(OC(=O)N2CCC(OC3CCCC(Cl)C3)CC2)CCC1=O. The van der Waals surface area contributed by atoms with Crippen LogP contribution in [0.3, 0.4) is 0 Å². The molecule has 25 heavy (non-hydrogen) atoms. The molecule has 0 radical (unpaired) electrons. The van der Waals surface area contributed by atoms with Crippen molar-refractivity contribution in [2.45, 2.75) is 75.2 Å². The third-order valence-electron chi connectivity index (χ3n) is 5.22. The molecule has 2 heterocycles. The molecule has 142 valence electrons. The highest BCUT2D eigenvalue weighted by Crippen LogP contribution is 2.28. The summed E-state index contributed by atoms with van der Waals surface area (Å²) in [5, 5.41) is 1.62. The van der Waals surface area contributed by atoms with Crippen LogP contribution in [0.25, 0.3) is 0 Å². The molecule has 2 aliphatic heterocycles. The lowest BCUT2D eigenvalue weighted by molar-refractivity contribution is -0.142. The summed E-state index contributed by atoms with van der Waals surface area (Å²) in [4.78, 5) is 25.5. The minimum Gasteiger partial charge on any atom is -0.429 e. The van der Waals surface area contributed by atoms with Crippen LogP contribution in [-0.4, -0.2) is 65.9 Å². The Morgan fingerprint density at radius 2 is 1.92 bits per heavy atom. The molecule has 8 heteroatoms. The molecule has 2 saturated heterocycles. The summed E-state index contributed by atoms with van der Waals surface area (Å²) in [6.45, 7) is 1.28. The van der Waals surface area contributed by atoms with Gasteiger partial charge in [-0.15, -0.1) is 11.6 Å². The van der Waals surface area contributed by atoms with Gasteiger partial charge in [0.15, 0.2) is 6.23 Å². The molecule has 2 amide bonds. The standard InChI is InChI=1S/C17H28ClN3O4/c1-20-16(22)6-5-15(19-20)25-17(23)21-9-7-13(8-10-21)24-14-4-2-3-12(18)11-14/h12-15,19H,2-11H2,1H3. The van der Waals surface area contributed by atoms with Crippen molar-refractivity contribution >= 4 is 23.6 Å². The molecule has 3 unspecified atom stereocenters. The Labute approximate surface area is 153 Å². The van der Waals surface area contributed by atoms with Crippen molar-refractivity contribution in [2.24, 2.45) is 0 Å². The highest BCUT2D eigenvalue weighted by atomic mass is 35.5. The monoisotopic (exact) mass is 373 g/mol. The van der Waals surface area contributed by atoms with Gasteiger partial charge < -0.3 is 14.4 Å². The molecule has 1 saturated carbocycles. The van der Waals surface area contributed by atoms with Crippen LogP contribution in [0.4, 0.5) is 4.79 Å². The number of nitrogens with zero attached hydrogens (tertiary/aromatic N) is 2. The van der Waals surface area contributed by atoms with Gasteiger partial charge in [-0.1, -0.05) is 0 Å². The molecule has 1 N–H and O–H groups in total. The second kappa shape index (κ2) is 8.56. The number of alkyl halides is 1. The van der Waals surface area contributed by atoms with Crippen molar-refractivity contribution in [3.8, 4) is 0 Å². The first-order valence-electron chi connectivity index (χ1n) is 9.29. The van der Waals surface area contributed by atoms with Gasteiger partial charge in [0.25, 0.3) is 0 Å². The van der Waals surface area contributed by atoms with Gasteiger partial charge in [-0.25, -0.2) is 4.79 Å². The van der Waals surface area contributed by atoms with Crippen LogP contribution in [0.15, 0.2) is 0 Å². The van der Waals surface area contributed by atoms with Crippen molar-refractivity contribution in [1.29, 1.82) is 0 Å². The van der Waals surface area contributed by atoms with E-state index < -0.39 is 6.23 Å². The molecule has 3 fully saturated rings. The first-order valence-corrected chi connectivity index (χ1v) is 9.72. The van der Waals surface area contributed by atoms with E-state index in [2.05, 4.69) is 5.43 Å². The van der Waals surface area contributed by atoms with Gasteiger partial charge in [0.05, 0.1) is 12.2 Å². The van der Waals surface area contributed by atoms with Gasteiger partial charge in [-0.05, 0) is 38.5 Å². The maximum absolute atomic E-state index is 12.3. The average Bonchev–Trinajstić information content (AvgIpc) is 2.59. The fourth-order valence-corrected chi connectivity index (χ4v) is 4.07. The second-order valence-corrected chi connectivity index (χ2v) is 7.82. The summed E-state index contributed by atoms with van der Waals surface area (Å²) in [6.07, 6.45) is 6.50. The molecule has 3 rings (SSSR count). The predicted molar refractivity (Wildman–Crippen MR) is 93.0 cm³/mol. The summed E-state index contributed by atoms with van der Waals surface area (Å²) in [7, 11) is 1.64. The number of ether oxygens (including phenoxy) is 2. The summed E-state index contributed by atoms with van der Waals surface area (Å²) in [5.74, 6) is 0.00663. The number of amides is 2. The lowest BCUT2D eigenvalue weighted by Gasteiger charge is -2.36. The van der Waals surface area contributed by atoms with E-state index in [-0.39, 0.29) is 29.6 Å². The van der Waals surface area contributed by atoms with Crippen LogP contribution in [0, 0.1) is 0 Å². The van der Waals surface area contributed by atoms with E-state index in [1.807, 2.05) is 0 Å². The number of hydrogen-bond acceptors (Lipinski definition) is 5. The van der Waals surface area contributed by atoms with E-state index in [1.165, 1.54) is 5.01 Å². The molecular formula is C17H28ClN3O4. The quantitative estimate of drug-likeness (QED) is 0.768. The van der Waals surface area contributed by atoms with E-state index in [0.717, 1.165) is 38.5 Å². The topological polar surface area (TPSA) is 71.1 Å². The second-order valence-electron chi connectivity index (χ2n) is 7.20. The third kappa shape index (κ3) is 5.21. The zero-order valence-electron chi connectivity index (χ0n) is 14.8. The third-order valence-corrected chi connectivity index (χ3v) is 5.62. The molecule has 0 bridgehead atoms. The maximum Gasteiger partial charge on any atom is 0.411 e. The number of hydrogen-bond donors (Lipinski definition) is 1. The zero-order valence-corrected chi connectivity index (χ0v) is 15.5. The van der Waals surface area contributed by atoms with Gasteiger partial charge in [0.2, 0.25) is 5.91 Å². The summed E-state index contributed by atoms with van der Waals surface area (Å²) in [6, 6.07) is 0. The van der Waals surface area contributed by atoms with E-state index >= 15 is 0 Å². The normalized spacial score (nSPS) is 31.9. The van der Waals surface area contributed by atoms with Gasteiger partial charge >= 0.3 is 6.09 Å². The Bertz CT molecular complexity index is 485. The maximum atomic E-state index is 12.3. The Morgan fingerprint density at radius 1 is 1.16 bits per heavy atom. The van der Waals surface area contributed by atoms with Gasteiger partial charge in [0.1, 0.15) is 0 Å². The minimum atomic E-state index is -0.438. The van der Waals surface area contributed by atoms with E-state index in [0.29, 0.717) is 25.9 Å². The van der Waals surface area contributed by atoms with Crippen LogP contribution in [0.2, 0.25) is 0 Å². The van der Waals surface area contributed by atoms with E-state index in [4.69, 9.17) is 21.1 Å². The number of carbonyl (C=O) groups is 2. The summed E-state index contributed by atoms with van der Waals surface area (Å²) < 4.78 is 11.7. The average molecular weight is 374 g/mol. The highest BCUT2D eigenvalue weighted by Gasteiger charge is 2.31. The lowest BCUT2D eigenvalue weighted by atomic mass is 9.96. The molecular weight excluding hydrogens is 346 g/mol. The van der Waals surface area contributed by atoms with Gasteiger partial charge in [0, 0.05) is 38.4 Å². The van der Waals surface area contributed by atoms with Gasteiger partial charge in [-0.2, -0.15) is 5.43 Å². The number of likely N-dealkylation sites (tertiary alicyclic amines) is 1. The van der Waals surface area contributed by atoms with Crippen LogP contribution >= 0.6 is 11.6 Å². The van der Waals surface area contributed by atoms with Crippen LogP contribution in [0.1, 0.15) is 51.4 Å². The summed E-state index contributed by atoms with van der Waals surface area (Å²) in [5.41, 5.74) is 2.88. The van der Waals surface area contributed by atoms with E-state index in [9.17, 15) is 9.59 Å². The van der Waals surface area contributed by atoms with Crippen molar-refractivity contribution in [2.75, 3.05) is 20.1 Å². The largest absolute Gasteiger partial charge is 0.429 e. The Balaban J connectivity index is 1.38. The van der Waals surface area contributed by atoms with Crippen LogP contribution < -0.4 is 5.43 Å². The number of rotatable bonds is 3. The molecule has 7 nitrogen and oxygen atoms in total. The smallest absolute Gasteiger partial charge is 0.411 e. The number of piperidine rings is 1. The number of nitrogens with one attached hydrogen (secondary N) is 1. The fourth-order valence-electron chi connectivity index (χ4n) is 3.71. The minimum absolute atomic E-state index is 0.00663. The lowest BCUT2D eigenvalue weighted by Crippen LogP contribution is -2.53. The van der Waals surface area contributed by atoms with Crippen LogP contribution in [-0.2, 0) is 14.3 Å². The van der Waals surface area contributed by atoms with Gasteiger partial charge in [-0.3, -0.25) is 9.80 Å². The van der Waals surface area contributed by atoms with Crippen molar-refractivity contribution in [3.05, 3.63) is 0 Å². The Morgan fingerprint density at radius 3 is 2.60 bits per heavy atom. The van der Waals surface area contributed by atoms with Crippen molar-refractivity contribution in [1.82, 2.24) is 15.3 Å². The number of hydrazine groups is 1. The number of halogens is 1. The van der Waals surface area contributed by atoms with Crippen LogP contribution in [0.5, 0.6) is 0 Å². The molecule has 0 aromatic rings. The first kappa shape index (κ1) is 18.7. The zero-order chi connectivity index (χ0) is 17.8. The number of carbonyl (C=O) groups excluding carboxylic acids is 2. The van der Waals surface area contributed by atoms with Crippen molar-refractivity contribution in [3.63, 3.8) is 0 Å². The molecule has 0 aromatic heterocycles. The molecule has 0 aromatic carbocycles. The Hall–Kier alpha value is -1.05. The molecule has 3 aliphatic rings. The fraction of sp³-hybridized carbons (Fsp3) is 0.882. The first-order chi connectivity index (χ1) is 12.0. The predicted octanol–water partition coefficient (Wildman–Crippen LogP) is 2.24. The molecule has 3 atom stereocenters. The summed E-state index contributed by atoms with van der Waals surface area (Å²) >= 11 is 6.23. The highest BCUT2D eigenvalue weighted by molar-refractivity contribution is 6.20.